The van der Waals surface area contributed by atoms with E-state index in [1.54, 1.807) is 24.3 Å². The fourth-order valence-electron chi connectivity index (χ4n) is 2.19. The van der Waals surface area contributed by atoms with Crippen LogP contribution in [0.2, 0.25) is 10.0 Å². The molecule has 0 bridgehead atoms. The lowest BCUT2D eigenvalue weighted by Gasteiger charge is -2.12. The van der Waals surface area contributed by atoms with E-state index in [4.69, 9.17) is 40.2 Å². The molecule has 0 aliphatic rings. The molecule has 0 spiro atoms. The molecule has 2 amide bonds. The first kappa shape index (κ1) is 21.9. The number of benzene rings is 2. The summed E-state index contributed by atoms with van der Waals surface area (Å²) in [6.45, 7) is 1.61. The molecule has 0 heterocycles. The predicted molar refractivity (Wildman–Crippen MR) is 113 cm³/mol. The van der Waals surface area contributed by atoms with Crippen molar-refractivity contribution in [2.75, 3.05) is 6.61 Å². The number of hydrogen-bond acceptors (Lipinski definition) is 4. The van der Waals surface area contributed by atoms with E-state index in [-0.39, 0.29) is 24.0 Å². The third-order valence-corrected chi connectivity index (χ3v) is 4.64. The van der Waals surface area contributed by atoms with Gasteiger partial charge in [0.15, 0.2) is 11.7 Å². The van der Waals surface area contributed by atoms with E-state index >= 15 is 0 Å². The summed E-state index contributed by atoms with van der Waals surface area (Å²) in [7, 11) is 0. The second kappa shape index (κ2) is 10.8. The maximum absolute atomic E-state index is 11.9. The number of amides is 2. The smallest absolute Gasteiger partial charge is 0.276 e. The van der Waals surface area contributed by atoms with E-state index < -0.39 is 5.91 Å². The highest BCUT2D eigenvalue weighted by molar-refractivity contribution is 7.80. The van der Waals surface area contributed by atoms with Crippen LogP contribution in [0, 0.1) is 6.92 Å². The number of rotatable bonds is 6. The molecule has 9 heteroatoms. The van der Waals surface area contributed by atoms with Crippen molar-refractivity contribution in [1.29, 1.82) is 0 Å². The van der Waals surface area contributed by atoms with Gasteiger partial charge in [-0.25, -0.2) is 0 Å². The van der Waals surface area contributed by atoms with Crippen molar-refractivity contribution in [1.82, 2.24) is 16.2 Å². The van der Waals surface area contributed by atoms with E-state index in [9.17, 15) is 9.59 Å². The van der Waals surface area contributed by atoms with Crippen molar-refractivity contribution in [2.45, 2.75) is 19.8 Å². The van der Waals surface area contributed by atoms with Crippen molar-refractivity contribution < 1.29 is 14.3 Å². The zero-order valence-corrected chi connectivity index (χ0v) is 17.4. The Bertz CT molecular complexity index is 877. The molecule has 0 saturated carbocycles. The summed E-state index contributed by atoms with van der Waals surface area (Å²) in [4.78, 5) is 23.7. The van der Waals surface area contributed by atoms with E-state index in [0.717, 1.165) is 11.1 Å². The molecule has 28 heavy (non-hydrogen) atoms. The van der Waals surface area contributed by atoms with Gasteiger partial charge in [0.2, 0.25) is 5.91 Å². The van der Waals surface area contributed by atoms with E-state index in [2.05, 4.69) is 16.2 Å². The summed E-state index contributed by atoms with van der Waals surface area (Å²) in [6.07, 6.45) is 0.688. The number of halogens is 2. The third-order valence-electron chi connectivity index (χ3n) is 3.65. The maximum atomic E-state index is 11.9. The maximum Gasteiger partial charge on any atom is 0.276 e. The lowest BCUT2D eigenvalue weighted by molar-refractivity contribution is -0.124. The molecule has 3 N–H and O–H groups in total. The standard InChI is InChI=1S/C19H19Cl2N3O3S/c1-12-10-14(7-8-15(12)20)27-11-18(26)23-24-19(28)22-17(25)9-6-13-4-2-3-5-16(13)21/h2-5,7-8,10H,6,9,11H2,1H3,(H,23,26)(H2,22,24,25,28). The molecule has 0 aliphatic heterocycles. The Hall–Kier alpha value is -2.35. The molecule has 0 radical (unpaired) electrons. The molecule has 148 valence electrons. The minimum Gasteiger partial charge on any atom is -0.484 e. The van der Waals surface area contributed by atoms with Gasteiger partial charge in [-0.2, -0.15) is 0 Å². The topological polar surface area (TPSA) is 79.5 Å². The Morgan fingerprint density at radius 1 is 1.04 bits per heavy atom. The van der Waals surface area contributed by atoms with E-state index in [1.807, 2.05) is 25.1 Å². The molecule has 0 saturated heterocycles. The quantitative estimate of drug-likeness (QED) is 0.475. The molecule has 0 aliphatic carbocycles. The number of ether oxygens (including phenoxy) is 1. The van der Waals surface area contributed by atoms with Crippen LogP contribution in [0.3, 0.4) is 0 Å². The Labute approximate surface area is 178 Å². The van der Waals surface area contributed by atoms with Crippen LogP contribution in [-0.4, -0.2) is 23.5 Å². The molecule has 2 aromatic rings. The highest BCUT2D eigenvalue weighted by Crippen LogP contribution is 2.20. The molecular weight excluding hydrogens is 421 g/mol. The monoisotopic (exact) mass is 439 g/mol. The van der Waals surface area contributed by atoms with Gasteiger partial charge in [-0.3, -0.25) is 20.4 Å². The van der Waals surface area contributed by atoms with Crippen LogP contribution in [0.25, 0.3) is 0 Å². The van der Waals surface area contributed by atoms with E-state index in [0.29, 0.717) is 22.2 Å². The number of thiocarbonyl (C=S) groups is 1. The van der Waals surface area contributed by atoms with Crippen LogP contribution >= 0.6 is 35.4 Å². The number of hydrogen-bond donors (Lipinski definition) is 3. The van der Waals surface area contributed by atoms with E-state index in [1.165, 1.54) is 0 Å². The van der Waals surface area contributed by atoms with Gasteiger partial charge < -0.3 is 10.1 Å². The summed E-state index contributed by atoms with van der Waals surface area (Å²) in [5.41, 5.74) is 6.52. The first-order chi connectivity index (χ1) is 13.3. The first-order valence-electron chi connectivity index (χ1n) is 8.36. The minimum atomic E-state index is -0.458. The molecule has 2 rings (SSSR count). The Morgan fingerprint density at radius 3 is 2.50 bits per heavy atom. The van der Waals surface area contributed by atoms with Crippen LogP contribution < -0.4 is 20.9 Å². The van der Waals surface area contributed by atoms with Gasteiger partial charge >= 0.3 is 0 Å². The first-order valence-corrected chi connectivity index (χ1v) is 9.52. The van der Waals surface area contributed by atoms with Crippen molar-refractivity contribution in [3.63, 3.8) is 0 Å². The van der Waals surface area contributed by atoms with Crippen LogP contribution in [-0.2, 0) is 16.0 Å². The van der Waals surface area contributed by atoms with Crippen molar-refractivity contribution >= 4 is 52.3 Å². The lowest BCUT2D eigenvalue weighted by atomic mass is 10.1. The molecule has 0 unspecified atom stereocenters. The fourth-order valence-corrected chi connectivity index (χ4v) is 2.70. The van der Waals surface area contributed by atoms with Gasteiger partial charge in [0.1, 0.15) is 5.75 Å². The Morgan fingerprint density at radius 2 is 1.79 bits per heavy atom. The Balaban J connectivity index is 1.66. The number of carbonyl (C=O) groups is 2. The second-order valence-electron chi connectivity index (χ2n) is 5.84. The molecule has 2 aromatic carbocycles. The van der Waals surface area contributed by atoms with Crippen molar-refractivity contribution in [3.05, 3.63) is 63.6 Å². The van der Waals surface area contributed by atoms with Gasteiger partial charge in [-0.15, -0.1) is 0 Å². The van der Waals surface area contributed by atoms with Crippen LogP contribution in [0.4, 0.5) is 0 Å². The normalized spacial score (nSPS) is 10.1. The number of hydrazine groups is 1. The van der Waals surface area contributed by atoms with Gasteiger partial charge in [0, 0.05) is 16.5 Å². The number of nitrogens with one attached hydrogen (secondary N) is 3. The Kier molecular flexibility index (Phi) is 8.50. The van der Waals surface area contributed by atoms with Crippen molar-refractivity contribution in [2.24, 2.45) is 0 Å². The van der Waals surface area contributed by atoms with Crippen LogP contribution in [0.1, 0.15) is 17.5 Å². The van der Waals surface area contributed by atoms with Gasteiger partial charge in [0.05, 0.1) is 0 Å². The molecule has 6 nitrogen and oxygen atoms in total. The SMILES string of the molecule is Cc1cc(OCC(=O)NNC(=S)NC(=O)CCc2ccccc2Cl)ccc1Cl. The zero-order valence-electron chi connectivity index (χ0n) is 15.1. The van der Waals surface area contributed by atoms with Gasteiger partial charge in [-0.05, 0) is 61.0 Å². The predicted octanol–water partition coefficient (Wildman–Crippen LogP) is 3.34. The zero-order chi connectivity index (χ0) is 20.5. The minimum absolute atomic E-state index is 0.0140. The van der Waals surface area contributed by atoms with Crippen LogP contribution in [0.15, 0.2) is 42.5 Å². The van der Waals surface area contributed by atoms with Crippen LogP contribution in [0.5, 0.6) is 5.75 Å². The number of aryl methyl sites for hydroxylation is 2. The summed E-state index contributed by atoms with van der Waals surface area (Å²) >= 11 is 17.0. The molecule has 0 fully saturated rings. The highest BCUT2D eigenvalue weighted by atomic mass is 35.5. The van der Waals surface area contributed by atoms with Crippen molar-refractivity contribution in [3.8, 4) is 5.75 Å². The average molecular weight is 440 g/mol. The largest absolute Gasteiger partial charge is 0.484 e. The highest BCUT2D eigenvalue weighted by Gasteiger charge is 2.08. The third kappa shape index (κ3) is 7.34. The fraction of sp³-hybridized carbons (Fsp3) is 0.211. The lowest BCUT2D eigenvalue weighted by Crippen LogP contribution is -2.49. The second-order valence-corrected chi connectivity index (χ2v) is 7.06. The molecule has 0 aromatic heterocycles. The summed E-state index contributed by atoms with van der Waals surface area (Å²) in [5, 5.41) is 3.70. The summed E-state index contributed by atoms with van der Waals surface area (Å²) in [6, 6.07) is 12.4. The average Bonchev–Trinajstić information content (AvgIpc) is 2.66. The molecular formula is C19H19Cl2N3O3S. The van der Waals surface area contributed by atoms with Gasteiger partial charge in [-0.1, -0.05) is 41.4 Å². The van der Waals surface area contributed by atoms with Gasteiger partial charge in [0.25, 0.3) is 5.91 Å². The number of carbonyl (C=O) groups excluding carboxylic acids is 2. The summed E-state index contributed by atoms with van der Waals surface area (Å²) < 4.78 is 5.36. The molecule has 0 atom stereocenters. The summed E-state index contributed by atoms with van der Waals surface area (Å²) in [5.74, 6) is -0.229.